The minimum atomic E-state index is -1.02. The molecule has 0 saturated heterocycles. The van der Waals surface area contributed by atoms with Gasteiger partial charge in [-0.1, -0.05) is 31.4 Å². The van der Waals surface area contributed by atoms with Crippen LogP contribution in [0.2, 0.25) is 0 Å². The van der Waals surface area contributed by atoms with Gasteiger partial charge >= 0.3 is 5.97 Å². The van der Waals surface area contributed by atoms with Crippen LogP contribution < -0.4 is 10.7 Å². The van der Waals surface area contributed by atoms with Crippen LogP contribution in [-0.2, 0) is 4.79 Å². The molecule has 0 atom stereocenters. The molecule has 2 aromatic rings. The topological polar surface area (TPSA) is 101 Å². The Morgan fingerprint density at radius 1 is 1.25 bits per heavy atom. The van der Waals surface area contributed by atoms with Gasteiger partial charge in [0.1, 0.15) is 11.5 Å². The Morgan fingerprint density at radius 3 is 2.57 bits per heavy atom. The zero-order valence-electron chi connectivity index (χ0n) is 15.6. The number of carbonyl (C=O) groups is 2. The van der Waals surface area contributed by atoms with Gasteiger partial charge in [0.2, 0.25) is 5.43 Å². The van der Waals surface area contributed by atoms with Gasteiger partial charge in [0, 0.05) is 18.3 Å². The van der Waals surface area contributed by atoms with E-state index in [0.29, 0.717) is 18.5 Å². The van der Waals surface area contributed by atoms with E-state index in [0.717, 1.165) is 19.3 Å². The van der Waals surface area contributed by atoms with Crippen molar-refractivity contribution in [2.24, 2.45) is 5.41 Å². The number of hydrogen-bond donors (Lipinski definition) is 2. The van der Waals surface area contributed by atoms with Gasteiger partial charge < -0.3 is 10.4 Å². The van der Waals surface area contributed by atoms with E-state index in [1.54, 1.807) is 13.0 Å². The summed E-state index contributed by atoms with van der Waals surface area (Å²) in [7, 11) is 0. The summed E-state index contributed by atoms with van der Waals surface area (Å²) in [5.41, 5.74) is -1.53. The molecular formula is C20H22FN3O4. The van der Waals surface area contributed by atoms with Crippen molar-refractivity contribution in [1.82, 2.24) is 15.1 Å². The number of hydrogen-bond acceptors (Lipinski definition) is 4. The molecule has 3 rings (SSSR count). The van der Waals surface area contributed by atoms with Gasteiger partial charge in [-0.05, 0) is 31.9 Å². The van der Waals surface area contributed by atoms with Crippen molar-refractivity contribution in [3.63, 3.8) is 0 Å². The number of aryl methyl sites for hydroxylation is 1. The highest BCUT2D eigenvalue weighted by Crippen LogP contribution is 2.36. The predicted octanol–water partition coefficient (Wildman–Crippen LogP) is 2.44. The van der Waals surface area contributed by atoms with Gasteiger partial charge in [0.15, 0.2) is 5.69 Å². The van der Waals surface area contributed by atoms with Gasteiger partial charge in [0.05, 0.1) is 5.41 Å². The lowest BCUT2D eigenvalue weighted by atomic mass is 9.74. The quantitative estimate of drug-likeness (QED) is 0.821. The molecule has 28 heavy (non-hydrogen) atoms. The molecule has 1 aliphatic carbocycles. The molecule has 148 valence electrons. The molecule has 7 nitrogen and oxygen atoms in total. The van der Waals surface area contributed by atoms with E-state index in [2.05, 4.69) is 10.4 Å². The van der Waals surface area contributed by atoms with Crippen LogP contribution in [0, 0.1) is 18.2 Å². The maximum Gasteiger partial charge on any atom is 0.311 e. The number of aromatic nitrogens is 2. The van der Waals surface area contributed by atoms with Crippen molar-refractivity contribution in [3.05, 3.63) is 57.8 Å². The number of carboxylic acids is 1. The second-order valence-corrected chi connectivity index (χ2v) is 7.19. The lowest BCUT2D eigenvalue weighted by molar-refractivity contribution is -0.150. The fraction of sp³-hybridized carbons (Fsp3) is 0.400. The summed E-state index contributed by atoms with van der Waals surface area (Å²) < 4.78 is 15.3. The van der Waals surface area contributed by atoms with Crippen molar-refractivity contribution in [2.75, 3.05) is 6.54 Å². The van der Waals surface area contributed by atoms with Gasteiger partial charge in [-0.15, -0.1) is 0 Å². The minimum absolute atomic E-state index is 0.0736. The third-order valence-corrected chi connectivity index (χ3v) is 5.25. The lowest BCUT2D eigenvalue weighted by Gasteiger charge is -2.33. The van der Waals surface area contributed by atoms with Crippen LogP contribution in [0.15, 0.2) is 35.1 Å². The number of carbonyl (C=O) groups excluding carboxylic acids is 1. The number of benzene rings is 1. The number of amides is 1. The number of halogens is 1. The Kier molecular flexibility index (Phi) is 5.58. The first-order valence-corrected chi connectivity index (χ1v) is 9.21. The molecule has 0 radical (unpaired) electrons. The number of para-hydroxylation sites is 1. The molecule has 1 aromatic carbocycles. The number of carboxylic acid groups (broad SMARTS) is 1. The molecule has 0 bridgehead atoms. The van der Waals surface area contributed by atoms with E-state index < -0.39 is 34.2 Å². The maximum absolute atomic E-state index is 14.1. The highest BCUT2D eigenvalue weighted by molar-refractivity contribution is 5.92. The third kappa shape index (κ3) is 3.81. The maximum atomic E-state index is 14.1. The minimum Gasteiger partial charge on any atom is -0.481 e. The fourth-order valence-corrected chi connectivity index (χ4v) is 3.60. The number of nitrogens with one attached hydrogen (secondary N) is 1. The van der Waals surface area contributed by atoms with Gasteiger partial charge in [0.25, 0.3) is 5.91 Å². The average Bonchev–Trinajstić information content (AvgIpc) is 2.67. The molecule has 1 amide bonds. The molecule has 1 fully saturated rings. The summed E-state index contributed by atoms with van der Waals surface area (Å²) in [5, 5.41) is 16.2. The highest BCUT2D eigenvalue weighted by Gasteiger charge is 2.40. The van der Waals surface area contributed by atoms with Gasteiger partial charge in [-0.2, -0.15) is 5.10 Å². The summed E-state index contributed by atoms with van der Waals surface area (Å²) in [6.45, 7) is 1.51. The molecule has 1 saturated carbocycles. The van der Waals surface area contributed by atoms with Crippen molar-refractivity contribution in [1.29, 1.82) is 0 Å². The summed E-state index contributed by atoms with van der Waals surface area (Å²) >= 11 is 0. The van der Waals surface area contributed by atoms with E-state index in [9.17, 15) is 23.9 Å². The number of nitrogens with zero attached hydrogens (tertiary/aromatic N) is 2. The first-order chi connectivity index (χ1) is 13.3. The molecule has 0 unspecified atom stereocenters. The Labute approximate surface area is 161 Å². The SMILES string of the molecule is Cc1cc(=O)c(C(=O)NCC2(C(=O)O)CCCCC2)nn1-c1ccccc1F. The second-order valence-electron chi connectivity index (χ2n) is 7.19. The molecule has 1 heterocycles. The molecule has 0 spiro atoms. The van der Waals surface area contributed by atoms with Crippen LogP contribution in [-0.4, -0.2) is 33.3 Å². The van der Waals surface area contributed by atoms with E-state index in [4.69, 9.17) is 0 Å². The average molecular weight is 387 g/mol. The van der Waals surface area contributed by atoms with Crippen molar-refractivity contribution in [3.8, 4) is 5.69 Å². The van der Waals surface area contributed by atoms with Crippen LogP contribution in [0.1, 0.15) is 48.3 Å². The van der Waals surface area contributed by atoms with E-state index in [-0.39, 0.29) is 12.2 Å². The number of aliphatic carboxylic acids is 1. The zero-order valence-corrected chi connectivity index (χ0v) is 15.6. The summed E-state index contributed by atoms with van der Waals surface area (Å²) in [4.78, 5) is 36.6. The largest absolute Gasteiger partial charge is 0.481 e. The normalized spacial score (nSPS) is 15.8. The van der Waals surface area contributed by atoms with Crippen molar-refractivity contribution in [2.45, 2.75) is 39.0 Å². The predicted molar refractivity (Wildman–Crippen MR) is 100 cm³/mol. The van der Waals surface area contributed by atoms with Crippen LogP contribution in [0.25, 0.3) is 5.69 Å². The lowest BCUT2D eigenvalue weighted by Crippen LogP contribution is -2.45. The molecule has 0 aliphatic heterocycles. The van der Waals surface area contributed by atoms with Crippen LogP contribution in [0.4, 0.5) is 4.39 Å². The van der Waals surface area contributed by atoms with Gasteiger partial charge in [-0.25, -0.2) is 9.07 Å². The standard InChI is InChI=1S/C20H22FN3O4/c1-13-11-16(25)17(23-24(13)15-8-4-3-7-14(15)21)18(26)22-12-20(19(27)28)9-5-2-6-10-20/h3-4,7-8,11H,2,5-6,9-10,12H2,1H3,(H,22,26)(H,27,28). The monoisotopic (exact) mass is 387 g/mol. The molecule has 8 heteroatoms. The number of rotatable bonds is 5. The Balaban J connectivity index is 1.88. The summed E-state index contributed by atoms with van der Waals surface area (Å²) in [6.07, 6.45) is 3.48. The second kappa shape index (κ2) is 7.92. The molecular weight excluding hydrogens is 365 g/mol. The molecule has 1 aliphatic rings. The van der Waals surface area contributed by atoms with Crippen LogP contribution in [0.5, 0.6) is 0 Å². The molecule has 1 aromatic heterocycles. The van der Waals surface area contributed by atoms with Crippen molar-refractivity contribution < 1.29 is 19.1 Å². The van der Waals surface area contributed by atoms with Gasteiger partial charge in [-0.3, -0.25) is 14.4 Å². The highest BCUT2D eigenvalue weighted by atomic mass is 19.1. The Hall–Kier alpha value is -3.03. The Bertz CT molecular complexity index is 964. The zero-order chi connectivity index (χ0) is 20.3. The molecule has 2 N–H and O–H groups in total. The van der Waals surface area contributed by atoms with Crippen LogP contribution >= 0.6 is 0 Å². The van der Waals surface area contributed by atoms with E-state index in [1.165, 1.54) is 28.9 Å². The first kappa shape index (κ1) is 19.7. The van der Waals surface area contributed by atoms with Crippen LogP contribution in [0.3, 0.4) is 0 Å². The van der Waals surface area contributed by atoms with E-state index in [1.807, 2.05) is 0 Å². The Morgan fingerprint density at radius 2 is 1.93 bits per heavy atom. The fourth-order valence-electron chi connectivity index (χ4n) is 3.60. The first-order valence-electron chi connectivity index (χ1n) is 9.21. The third-order valence-electron chi connectivity index (χ3n) is 5.25. The summed E-state index contributed by atoms with van der Waals surface area (Å²) in [6, 6.07) is 7.11. The van der Waals surface area contributed by atoms with E-state index >= 15 is 0 Å². The smallest absolute Gasteiger partial charge is 0.311 e. The van der Waals surface area contributed by atoms with Crippen molar-refractivity contribution >= 4 is 11.9 Å². The summed E-state index contributed by atoms with van der Waals surface area (Å²) in [5.74, 6) is -2.26.